The highest BCUT2D eigenvalue weighted by Crippen LogP contribution is 2.11. The number of esters is 1. The van der Waals surface area contributed by atoms with Crippen molar-refractivity contribution in [3.8, 4) is 0 Å². The van der Waals surface area contributed by atoms with E-state index in [1.807, 2.05) is 30.3 Å². The fourth-order valence-electron chi connectivity index (χ4n) is 1.10. The lowest BCUT2D eigenvalue weighted by Crippen LogP contribution is -2.42. The van der Waals surface area contributed by atoms with Crippen molar-refractivity contribution in [1.82, 2.24) is 0 Å². The smallest absolute Gasteiger partial charge is 0.338 e. The van der Waals surface area contributed by atoms with Crippen LogP contribution in [-0.2, 0) is 16.1 Å². The van der Waals surface area contributed by atoms with Crippen molar-refractivity contribution in [2.24, 2.45) is 0 Å². The number of hydrogen-bond donors (Lipinski definition) is 2. The number of rotatable bonds is 4. The molecule has 1 aromatic rings. The second-order valence-electron chi connectivity index (χ2n) is 4.15. The Kier molecular flexibility index (Phi) is 4.04. The van der Waals surface area contributed by atoms with Gasteiger partial charge in [-0.15, -0.1) is 0 Å². The zero-order valence-corrected chi connectivity index (χ0v) is 9.38. The fourth-order valence-corrected chi connectivity index (χ4v) is 1.10. The largest absolute Gasteiger partial charge is 0.459 e. The molecular weight excluding hydrogens is 208 g/mol. The van der Waals surface area contributed by atoms with Crippen molar-refractivity contribution in [3.05, 3.63) is 35.9 Å². The Hall–Kier alpha value is -1.39. The predicted octanol–water partition coefficient (Wildman–Crippen LogP) is 0.862. The molecule has 0 saturated carbocycles. The maximum atomic E-state index is 11.3. The van der Waals surface area contributed by atoms with Gasteiger partial charge >= 0.3 is 5.97 Å². The predicted molar refractivity (Wildman–Crippen MR) is 58.5 cm³/mol. The highest BCUT2D eigenvalue weighted by Gasteiger charge is 2.32. The van der Waals surface area contributed by atoms with E-state index in [1.165, 1.54) is 13.8 Å². The third-order valence-electron chi connectivity index (χ3n) is 2.12. The quantitative estimate of drug-likeness (QED) is 0.744. The number of carbonyl (C=O) groups excluding carboxylic acids is 1. The van der Waals surface area contributed by atoms with Gasteiger partial charge in [-0.25, -0.2) is 4.79 Å². The van der Waals surface area contributed by atoms with E-state index in [0.29, 0.717) is 0 Å². The van der Waals surface area contributed by atoms with Crippen LogP contribution in [0.5, 0.6) is 0 Å². The summed E-state index contributed by atoms with van der Waals surface area (Å²) in [6.45, 7) is 2.79. The van der Waals surface area contributed by atoms with Crippen molar-refractivity contribution in [2.75, 3.05) is 0 Å². The second-order valence-corrected chi connectivity index (χ2v) is 4.15. The van der Waals surface area contributed by atoms with E-state index < -0.39 is 17.7 Å². The SMILES string of the molecule is CC(C)(O)[C@H](O)C(=O)OCc1ccccc1. The molecule has 2 N–H and O–H groups in total. The van der Waals surface area contributed by atoms with E-state index in [2.05, 4.69) is 0 Å². The minimum atomic E-state index is -1.53. The molecule has 4 nitrogen and oxygen atoms in total. The topological polar surface area (TPSA) is 66.8 Å². The Morgan fingerprint density at radius 2 is 1.94 bits per heavy atom. The van der Waals surface area contributed by atoms with Gasteiger partial charge in [-0.1, -0.05) is 30.3 Å². The van der Waals surface area contributed by atoms with E-state index in [0.717, 1.165) is 5.56 Å². The molecule has 1 atom stereocenters. The van der Waals surface area contributed by atoms with Gasteiger partial charge in [0.1, 0.15) is 6.61 Å². The van der Waals surface area contributed by atoms with Gasteiger partial charge in [0.15, 0.2) is 6.10 Å². The van der Waals surface area contributed by atoms with Gasteiger partial charge in [-0.05, 0) is 19.4 Å². The monoisotopic (exact) mass is 224 g/mol. The van der Waals surface area contributed by atoms with Crippen LogP contribution in [-0.4, -0.2) is 27.9 Å². The lowest BCUT2D eigenvalue weighted by atomic mass is 10.0. The first-order valence-corrected chi connectivity index (χ1v) is 5.02. The molecule has 0 amide bonds. The van der Waals surface area contributed by atoms with E-state index >= 15 is 0 Å². The molecule has 0 aliphatic heterocycles. The summed E-state index contributed by atoms with van der Waals surface area (Å²) in [5.74, 6) is -0.823. The van der Waals surface area contributed by atoms with Crippen molar-refractivity contribution in [2.45, 2.75) is 32.2 Å². The highest BCUT2D eigenvalue weighted by molar-refractivity contribution is 5.75. The van der Waals surface area contributed by atoms with Gasteiger partial charge < -0.3 is 14.9 Å². The summed E-state index contributed by atoms with van der Waals surface area (Å²) in [4.78, 5) is 11.3. The molecule has 0 aliphatic carbocycles. The summed E-state index contributed by atoms with van der Waals surface area (Å²) in [5.41, 5.74) is -0.660. The Bertz CT molecular complexity index is 340. The third-order valence-corrected chi connectivity index (χ3v) is 2.12. The Morgan fingerprint density at radius 3 is 2.44 bits per heavy atom. The number of benzene rings is 1. The molecule has 4 heteroatoms. The van der Waals surface area contributed by atoms with Crippen LogP contribution >= 0.6 is 0 Å². The first-order chi connectivity index (χ1) is 7.41. The van der Waals surface area contributed by atoms with Crippen LogP contribution in [0.25, 0.3) is 0 Å². The minimum Gasteiger partial charge on any atom is -0.459 e. The summed E-state index contributed by atoms with van der Waals surface area (Å²) >= 11 is 0. The maximum absolute atomic E-state index is 11.3. The Morgan fingerprint density at radius 1 is 1.38 bits per heavy atom. The van der Waals surface area contributed by atoms with Crippen LogP contribution in [0, 0.1) is 0 Å². The first-order valence-electron chi connectivity index (χ1n) is 5.02. The molecular formula is C12H16O4. The average molecular weight is 224 g/mol. The van der Waals surface area contributed by atoms with Crippen LogP contribution in [0.15, 0.2) is 30.3 Å². The van der Waals surface area contributed by atoms with Crippen molar-refractivity contribution < 1.29 is 19.7 Å². The zero-order chi connectivity index (χ0) is 12.2. The number of hydrogen-bond acceptors (Lipinski definition) is 4. The summed E-state index contributed by atoms with van der Waals surface area (Å²) in [5, 5.41) is 18.8. The number of aliphatic hydroxyl groups is 2. The van der Waals surface area contributed by atoms with E-state index in [1.54, 1.807) is 0 Å². The molecule has 0 saturated heterocycles. The van der Waals surface area contributed by atoms with Gasteiger partial charge in [0.2, 0.25) is 0 Å². The van der Waals surface area contributed by atoms with Gasteiger partial charge in [0.25, 0.3) is 0 Å². The summed E-state index contributed by atoms with van der Waals surface area (Å²) in [6, 6.07) is 9.13. The molecule has 16 heavy (non-hydrogen) atoms. The molecule has 0 spiro atoms. The van der Waals surface area contributed by atoms with Gasteiger partial charge in [-0.2, -0.15) is 0 Å². The minimum absolute atomic E-state index is 0.0901. The molecule has 0 fully saturated rings. The average Bonchev–Trinajstić information content (AvgIpc) is 2.25. The van der Waals surface area contributed by atoms with Crippen LogP contribution in [0.2, 0.25) is 0 Å². The molecule has 0 radical (unpaired) electrons. The van der Waals surface area contributed by atoms with E-state index in [-0.39, 0.29) is 6.61 Å². The second kappa shape index (κ2) is 5.09. The molecule has 88 valence electrons. The summed E-state index contributed by atoms with van der Waals surface area (Å²) < 4.78 is 4.87. The van der Waals surface area contributed by atoms with Crippen molar-refractivity contribution in [1.29, 1.82) is 0 Å². The molecule has 0 heterocycles. The number of aliphatic hydroxyl groups excluding tert-OH is 1. The molecule has 0 aliphatic rings. The van der Waals surface area contributed by atoms with E-state index in [4.69, 9.17) is 4.74 Å². The van der Waals surface area contributed by atoms with Gasteiger partial charge in [0.05, 0.1) is 5.60 Å². The standard InChI is InChI=1S/C12H16O4/c1-12(2,15)10(13)11(14)16-8-9-6-4-3-5-7-9/h3-7,10,13,15H,8H2,1-2H3/t10-/m1/s1. The fraction of sp³-hybridized carbons (Fsp3) is 0.417. The van der Waals surface area contributed by atoms with Crippen molar-refractivity contribution in [3.63, 3.8) is 0 Å². The van der Waals surface area contributed by atoms with E-state index in [9.17, 15) is 15.0 Å². The van der Waals surface area contributed by atoms with Crippen LogP contribution in [0.4, 0.5) is 0 Å². The zero-order valence-electron chi connectivity index (χ0n) is 9.38. The lowest BCUT2D eigenvalue weighted by molar-refractivity contribution is -0.167. The van der Waals surface area contributed by atoms with Crippen LogP contribution in [0.1, 0.15) is 19.4 Å². The van der Waals surface area contributed by atoms with Crippen LogP contribution in [0.3, 0.4) is 0 Å². The molecule has 0 bridgehead atoms. The summed E-state index contributed by atoms with van der Waals surface area (Å²) in [7, 11) is 0. The Balaban J connectivity index is 2.48. The molecule has 1 rings (SSSR count). The van der Waals surface area contributed by atoms with Gasteiger partial charge in [-0.3, -0.25) is 0 Å². The first kappa shape index (κ1) is 12.7. The Labute approximate surface area is 94.5 Å². The molecule has 0 unspecified atom stereocenters. The number of carbonyl (C=O) groups is 1. The molecule has 1 aromatic carbocycles. The molecule has 0 aromatic heterocycles. The van der Waals surface area contributed by atoms with Crippen LogP contribution < -0.4 is 0 Å². The highest BCUT2D eigenvalue weighted by atomic mass is 16.5. The third kappa shape index (κ3) is 3.64. The van der Waals surface area contributed by atoms with Crippen molar-refractivity contribution >= 4 is 5.97 Å². The van der Waals surface area contributed by atoms with Gasteiger partial charge in [0, 0.05) is 0 Å². The maximum Gasteiger partial charge on any atom is 0.338 e. The lowest BCUT2D eigenvalue weighted by Gasteiger charge is -2.22. The normalized spacial score (nSPS) is 13.2. The number of ether oxygens (including phenoxy) is 1. The summed E-state index contributed by atoms with van der Waals surface area (Å²) in [6.07, 6.45) is -1.53.